The average molecular weight is 394 g/mol. The molecule has 1 N–H and O–H groups in total. The molecule has 3 aromatic carbocycles. The molecule has 27 heavy (non-hydrogen) atoms. The molecule has 0 saturated heterocycles. The van der Waals surface area contributed by atoms with Gasteiger partial charge in [0.15, 0.2) is 0 Å². The van der Waals surface area contributed by atoms with Crippen molar-refractivity contribution in [2.75, 3.05) is 5.32 Å². The average Bonchev–Trinajstić information content (AvgIpc) is 3.07. The van der Waals surface area contributed by atoms with Crippen LogP contribution in [0, 0.1) is 0 Å². The van der Waals surface area contributed by atoms with Gasteiger partial charge in [-0.3, -0.25) is 0 Å². The Kier molecular flexibility index (Phi) is 4.07. The van der Waals surface area contributed by atoms with Gasteiger partial charge >= 0.3 is 0 Å². The Balaban J connectivity index is 1.68. The fourth-order valence-electron chi connectivity index (χ4n) is 3.93. The predicted octanol–water partition coefficient (Wildman–Crippen LogP) is 6.49. The highest BCUT2D eigenvalue weighted by atomic mass is 35.5. The lowest BCUT2D eigenvalue weighted by Gasteiger charge is -2.34. The zero-order valence-corrected chi connectivity index (χ0v) is 16.0. The van der Waals surface area contributed by atoms with Crippen LogP contribution in [0.1, 0.15) is 29.6 Å². The Bertz CT molecular complexity index is 1120. The van der Waals surface area contributed by atoms with E-state index in [-0.39, 0.29) is 12.1 Å². The van der Waals surface area contributed by atoms with E-state index < -0.39 is 0 Å². The summed E-state index contributed by atoms with van der Waals surface area (Å²) in [4.78, 5) is 4.83. The Morgan fingerprint density at radius 1 is 0.889 bits per heavy atom. The Hall–Kier alpha value is -2.49. The van der Waals surface area contributed by atoms with Crippen molar-refractivity contribution < 1.29 is 0 Å². The Morgan fingerprint density at radius 3 is 2.44 bits per heavy atom. The number of fused-ring (bicyclic) bond motifs is 3. The zero-order valence-electron chi connectivity index (χ0n) is 14.4. The standard InChI is InChI=1S/C22H17Cl2N3/c23-15-11-9-14(10-12-15)19-13-21(16-5-1-2-6-17(16)24)27-20-8-4-3-7-18(20)25-22(27)26-19/h1-12,19,21H,13H2,(H,25,26)/t19-,21+/m1/s1. The third-order valence-corrected chi connectivity index (χ3v) is 5.80. The third-order valence-electron chi connectivity index (χ3n) is 5.21. The molecule has 0 fully saturated rings. The highest BCUT2D eigenvalue weighted by Gasteiger charge is 2.31. The van der Waals surface area contributed by atoms with Gasteiger partial charge in [0.05, 0.1) is 23.1 Å². The highest BCUT2D eigenvalue weighted by Crippen LogP contribution is 2.42. The molecule has 5 rings (SSSR count). The van der Waals surface area contributed by atoms with Crippen LogP contribution in [0.2, 0.25) is 10.0 Å². The molecule has 134 valence electrons. The first kappa shape index (κ1) is 16.7. The molecule has 2 atom stereocenters. The molecule has 0 amide bonds. The van der Waals surface area contributed by atoms with Crippen LogP contribution in [-0.4, -0.2) is 9.55 Å². The van der Waals surface area contributed by atoms with Gasteiger partial charge in [-0.2, -0.15) is 0 Å². The van der Waals surface area contributed by atoms with E-state index in [0.29, 0.717) is 0 Å². The van der Waals surface area contributed by atoms with Crippen molar-refractivity contribution in [2.24, 2.45) is 0 Å². The molecule has 1 aromatic heterocycles. The van der Waals surface area contributed by atoms with Crippen LogP contribution in [0.5, 0.6) is 0 Å². The van der Waals surface area contributed by atoms with Crippen LogP contribution in [-0.2, 0) is 0 Å². The molecule has 1 aliphatic rings. The second-order valence-electron chi connectivity index (χ2n) is 6.82. The number of nitrogens with one attached hydrogen (secondary N) is 1. The van der Waals surface area contributed by atoms with E-state index in [0.717, 1.165) is 39.0 Å². The molecular formula is C22H17Cl2N3. The predicted molar refractivity (Wildman–Crippen MR) is 112 cm³/mol. The van der Waals surface area contributed by atoms with Gasteiger partial charge in [-0.15, -0.1) is 0 Å². The van der Waals surface area contributed by atoms with Crippen molar-refractivity contribution in [1.29, 1.82) is 0 Å². The van der Waals surface area contributed by atoms with E-state index in [1.54, 1.807) is 0 Å². The van der Waals surface area contributed by atoms with Crippen molar-refractivity contribution in [2.45, 2.75) is 18.5 Å². The number of para-hydroxylation sites is 2. The van der Waals surface area contributed by atoms with Gasteiger partial charge in [-0.25, -0.2) is 4.98 Å². The molecular weight excluding hydrogens is 377 g/mol. The minimum absolute atomic E-state index is 0.100. The zero-order chi connectivity index (χ0) is 18.4. The maximum atomic E-state index is 6.59. The lowest BCUT2D eigenvalue weighted by molar-refractivity contribution is 0.477. The molecule has 4 aromatic rings. The van der Waals surface area contributed by atoms with Gasteiger partial charge in [0.1, 0.15) is 0 Å². The quantitative estimate of drug-likeness (QED) is 0.421. The van der Waals surface area contributed by atoms with Crippen LogP contribution in [0.3, 0.4) is 0 Å². The van der Waals surface area contributed by atoms with Crippen molar-refractivity contribution in [1.82, 2.24) is 9.55 Å². The van der Waals surface area contributed by atoms with Crippen molar-refractivity contribution in [3.63, 3.8) is 0 Å². The maximum Gasteiger partial charge on any atom is 0.204 e. The maximum absolute atomic E-state index is 6.59. The molecule has 0 bridgehead atoms. The molecule has 2 heterocycles. The molecule has 0 spiro atoms. The Morgan fingerprint density at radius 2 is 1.63 bits per heavy atom. The Labute approximate surface area is 167 Å². The topological polar surface area (TPSA) is 29.9 Å². The van der Waals surface area contributed by atoms with Crippen LogP contribution in [0.25, 0.3) is 11.0 Å². The monoisotopic (exact) mass is 393 g/mol. The molecule has 0 unspecified atom stereocenters. The van der Waals surface area contributed by atoms with Crippen molar-refractivity contribution >= 4 is 40.2 Å². The SMILES string of the molecule is Clc1ccc([C@H]2C[C@@H](c3ccccc3Cl)n3c(nc4ccccc43)N2)cc1. The van der Waals surface area contributed by atoms with E-state index in [1.165, 1.54) is 5.56 Å². The number of hydrogen-bond donors (Lipinski definition) is 1. The second kappa shape index (κ2) is 6.59. The summed E-state index contributed by atoms with van der Waals surface area (Å²) in [5, 5.41) is 5.13. The minimum Gasteiger partial charge on any atom is -0.349 e. The fraction of sp³-hybridized carbons (Fsp3) is 0.136. The van der Waals surface area contributed by atoms with Gasteiger partial charge in [0.2, 0.25) is 5.95 Å². The summed E-state index contributed by atoms with van der Waals surface area (Å²) in [6.45, 7) is 0. The van der Waals surface area contributed by atoms with Gasteiger partial charge in [0.25, 0.3) is 0 Å². The van der Waals surface area contributed by atoms with E-state index in [1.807, 2.05) is 48.5 Å². The number of benzene rings is 3. The lowest BCUT2D eigenvalue weighted by Crippen LogP contribution is -2.27. The van der Waals surface area contributed by atoms with Crippen molar-refractivity contribution in [3.8, 4) is 0 Å². The molecule has 0 saturated carbocycles. The van der Waals surface area contributed by atoms with Crippen molar-refractivity contribution in [3.05, 3.63) is 94.0 Å². The second-order valence-corrected chi connectivity index (χ2v) is 7.66. The van der Waals surface area contributed by atoms with Crippen LogP contribution in [0.15, 0.2) is 72.8 Å². The van der Waals surface area contributed by atoms with Crippen LogP contribution >= 0.6 is 23.2 Å². The van der Waals surface area contributed by atoms with E-state index in [4.69, 9.17) is 28.2 Å². The molecule has 0 aliphatic carbocycles. The minimum atomic E-state index is 0.100. The first-order chi connectivity index (χ1) is 13.2. The summed E-state index contributed by atoms with van der Waals surface area (Å²) in [5.74, 6) is 0.868. The van der Waals surface area contributed by atoms with E-state index in [9.17, 15) is 0 Å². The molecule has 0 radical (unpaired) electrons. The number of imidazole rings is 1. The summed E-state index contributed by atoms with van der Waals surface area (Å²) in [7, 11) is 0. The number of aromatic nitrogens is 2. The van der Waals surface area contributed by atoms with Crippen LogP contribution < -0.4 is 5.32 Å². The van der Waals surface area contributed by atoms with Gasteiger partial charge in [-0.1, -0.05) is 65.7 Å². The third kappa shape index (κ3) is 2.88. The first-order valence-electron chi connectivity index (χ1n) is 8.94. The fourth-order valence-corrected chi connectivity index (χ4v) is 4.32. The summed E-state index contributed by atoms with van der Waals surface area (Å²) in [6, 6.07) is 24.5. The number of hydrogen-bond acceptors (Lipinski definition) is 2. The lowest BCUT2D eigenvalue weighted by atomic mass is 9.93. The summed E-state index contributed by atoms with van der Waals surface area (Å²) in [5.41, 5.74) is 4.40. The van der Waals surface area contributed by atoms with Gasteiger partial charge in [-0.05, 0) is 47.9 Å². The van der Waals surface area contributed by atoms with E-state index in [2.05, 4.69) is 34.1 Å². The van der Waals surface area contributed by atoms with Gasteiger partial charge < -0.3 is 9.88 Å². The molecule has 1 aliphatic heterocycles. The number of rotatable bonds is 2. The number of halogens is 2. The first-order valence-corrected chi connectivity index (χ1v) is 9.70. The normalized spacial score (nSPS) is 18.9. The largest absolute Gasteiger partial charge is 0.349 e. The smallest absolute Gasteiger partial charge is 0.204 e. The summed E-state index contributed by atoms with van der Waals surface area (Å²) >= 11 is 12.7. The highest BCUT2D eigenvalue weighted by molar-refractivity contribution is 6.31. The molecule has 3 nitrogen and oxygen atoms in total. The molecule has 5 heteroatoms. The van der Waals surface area contributed by atoms with Crippen LogP contribution in [0.4, 0.5) is 5.95 Å². The number of anilines is 1. The summed E-state index contributed by atoms with van der Waals surface area (Å²) in [6.07, 6.45) is 0.874. The van der Waals surface area contributed by atoms with E-state index >= 15 is 0 Å². The number of nitrogens with zero attached hydrogens (tertiary/aromatic N) is 2. The summed E-state index contributed by atoms with van der Waals surface area (Å²) < 4.78 is 2.27. The van der Waals surface area contributed by atoms with Gasteiger partial charge in [0, 0.05) is 10.0 Å².